The van der Waals surface area contributed by atoms with E-state index in [0.29, 0.717) is 11.4 Å². The van der Waals surface area contributed by atoms with Gasteiger partial charge in [0.05, 0.1) is 19.0 Å². The van der Waals surface area contributed by atoms with Crippen LogP contribution >= 0.6 is 0 Å². The molecule has 0 saturated heterocycles. The van der Waals surface area contributed by atoms with Crippen LogP contribution in [0.25, 0.3) is 16.8 Å². The predicted molar refractivity (Wildman–Crippen MR) is 110 cm³/mol. The van der Waals surface area contributed by atoms with Gasteiger partial charge in [-0.05, 0) is 35.4 Å². The van der Waals surface area contributed by atoms with Gasteiger partial charge in [0.25, 0.3) is 5.91 Å². The van der Waals surface area contributed by atoms with Crippen LogP contribution in [-0.2, 0) is 0 Å². The summed E-state index contributed by atoms with van der Waals surface area (Å²) in [7, 11) is 1.53. The minimum absolute atomic E-state index is 0.235. The van der Waals surface area contributed by atoms with Crippen molar-refractivity contribution >= 4 is 11.6 Å². The third-order valence-corrected chi connectivity index (χ3v) is 4.39. The molecule has 0 saturated carbocycles. The van der Waals surface area contributed by atoms with Gasteiger partial charge in [-0.25, -0.2) is 4.68 Å². The van der Waals surface area contributed by atoms with Gasteiger partial charge in [-0.15, -0.1) is 0 Å². The van der Waals surface area contributed by atoms with Crippen molar-refractivity contribution in [2.24, 2.45) is 0 Å². The molecule has 138 valence electrons. The van der Waals surface area contributed by atoms with Gasteiger partial charge in [0.1, 0.15) is 0 Å². The van der Waals surface area contributed by atoms with Gasteiger partial charge in [0.15, 0.2) is 11.4 Å². The molecule has 0 aliphatic carbocycles. The normalized spacial score (nSPS) is 10.5. The molecule has 28 heavy (non-hydrogen) atoms. The van der Waals surface area contributed by atoms with Crippen molar-refractivity contribution in [3.63, 3.8) is 0 Å². The molecule has 1 heterocycles. The predicted octanol–water partition coefficient (Wildman–Crippen LogP) is 4.80. The Hall–Kier alpha value is -3.86. The topological polar surface area (TPSA) is 56.2 Å². The molecule has 0 aliphatic heterocycles. The number of hydrogen-bond donors (Lipinski definition) is 1. The number of ether oxygens (including phenoxy) is 1. The number of para-hydroxylation sites is 1. The number of rotatable bonds is 5. The molecular weight excluding hydrogens is 350 g/mol. The van der Waals surface area contributed by atoms with Crippen LogP contribution in [0, 0.1) is 0 Å². The average Bonchev–Trinajstić information content (AvgIpc) is 3.20. The van der Waals surface area contributed by atoms with E-state index in [2.05, 4.69) is 22.5 Å². The van der Waals surface area contributed by atoms with Crippen molar-refractivity contribution in [1.29, 1.82) is 0 Å². The Bertz CT molecular complexity index is 1070. The van der Waals surface area contributed by atoms with E-state index in [1.54, 1.807) is 10.9 Å². The Morgan fingerprint density at radius 3 is 2.11 bits per heavy atom. The second-order valence-electron chi connectivity index (χ2n) is 6.22. The lowest BCUT2D eigenvalue weighted by atomic mass is 10.1. The van der Waals surface area contributed by atoms with Gasteiger partial charge in [0, 0.05) is 5.69 Å². The molecule has 5 heteroatoms. The van der Waals surface area contributed by atoms with Crippen molar-refractivity contribution in [3.8, 4) is 22.6 Å². The van der Waals surface area contributed by atoms with E-state index in [1.165, 1.54) is 7.11 Å². The zero-order chi connectivity index (χ0) is 19.3. The standard InChI is InChI=1S/C23H19N3O2/c1-28-21-16-26(20-10-6-3-7-11-20)25-22(21)23(27)24-19-14-12-18(13-15-19)17-8-4-2-5-9-17/h2-16H,1H3,(H,24,27). The molecular formula is C23H19N3O2. The Kier molecular flexibility index (Phi) is 4.89. The Balaban J connectivity index is 1.54. The van der Waals surface area contributed by atoms with Crippen LogP contribution in [0.2, 0.25) is 0 Å². The van der Waals surface area contributed by atoms with Crippen LogP contribution in [0.5, 0.6) is 5.75 Å². The van der Waals surface area contributed by atoms with Crippen molar-refractivity contribution in [1.82, 2.24) is 9.78 Å². The summed E-state index contributed by atoms with van der Waals surface area (Å²) in [6.07, 6.45) is 1.70. The van der Waals surface area contributed by atoms with Gasteiger partial charge in [0.2, 0.25) is 0 Å². The lowest BCUT2D eigenvalue weighted by molar-refractivity contribution is 0.101. The molecule has 5 nitrogen and oxygen atoms in total. The van der Waals surface area contributed by atoms with Gasteiger partial charge in [-0.2, -0.15) is 5.10 Å². The summed E-state index contributed by atoms with van der Waals surface area (Å²) in [5.41, 5.74) is 4.00. The number of amides is 1. The summed E-state index contributed by atoms with van der Waals surface area (Å²) in [5.74, 6) is 0.0984. The Labute approximate surface area is 163 Å². The Morgan fingerprint density at radius 2 is 1.46 bits per heavy atom. The highest BCUT2D eigenvalue weighted by Gasteiger charge is 2.18. The molecule has 1 N–H and O–H groups in total. The fourth-order valence-corrected chi connectivity index (χ4v) is 2.94. The highest BCUT2D eigenvalue weighted by Crippen LogP contribution is 2.23. The molecule has 0 radical (unpaired) electrons. The zero-order valence-corrected chi connectivity index (χ0v) is 15.4. The monoisotopic (exact) mass is 369 g/mol. The van der Waals surface area contributed by atoms with E-state index in [4.69, 9.17) is 4.74 Å². The van der Waals surface area contributed by atoms with E-state index in [-0.39, 0.29) is 11.6 Å². The third kappa shape index (κ3) is 3.64. The van der Waals surface area contributed by atoms with E-state index in [9.17, 15) is 4.79 Å². The molecule has 0 unspecified atom stereocenters. The first-order chi connectivity index (χ1) is 13.7. The summed E-state index contributed by atoms with van der Waals surface area (Å²) in [4.78, 5) is 12.7. The number of methoxy groups -OCH3 is 1. The van der Waals surface area contributed by atoms with E-state index >= 15 is 0 Å². The summed E-state index contributed by atoms with van der Waals surface area (Å²) >= 11 is 0. The van der Waals surface area contributed by atoms with Crippen LogP contribution in [0.1, 0.15) is 10.5 Å². The largest absolute Gasteiger partial charge is 0.493 e. The van der Waals surface area contributed by atoms with Crippen molar-refractivity contribution in [2.75, 3.05) is 12.4 Å². The van der Waals surface area contributed by atoms with E-state index in [1.807, 2.05) is 72.8 Å². The first-order valence-corrected chi connectivity index (χ1v) is 8.90. The molecule has 1 amide bonds. The van der Waals surface area contributed by atoms with Crippen LogP contribution in [-0.4, -0.2) is 22.8 Å². The highest BCUT2D eigenvalue weighted by atomic mass is 16.5. The SMILES string of the molecule is COc1cn(-c2ccccc2)nc1C(=O)Nc1ccc(-c2ccccc2)cc1. The number of anilines is 1. The van der Waals surface area contributed by atoms with Crippen LogP contribution < -0.4 is 10.1 Å². The lowest BCUT2D eigenvalue weighted by Gasteiger charge is -2.06. The van der Waals surface area contributed by atoms with Crippen molar-refractivity contribution < 1.29 is 9.53 Å². The van der Waals surface area contributed by atoms with Gasteiger partial charge < -0.3 is 10.1 Å². The molecule has 0 spiro atoms. The second kappa shape index (κ2) is 7.80. The molecule has 4 rings (SSSR count). The number of benzene rings is 3. The maximum absolute atomic E-state index is 12.7. The first kappa shape index (κ1) is 17.5. The lowest BCUT2D eigenvalue weighted by Crippen LogP contribution is -2.14. The van der Waals surface area contributed by atoms with E-state index < -0.39 is 0 Å². The van der Waals surface area contributed by atoms with Gasteiger partial charge >= 0.3 is 0 Å². The quantitative estimate of drug-likeness (QED) is 0.550. The summed E-state index contributed by atoms with van der Waals surface area (Å²) in [6.45, 7) is 0. The second-order valence-corrected chi connectivity index (χ2v) is 6.22. The van der Waals surface area contributed by atoms with Crippen molar-refractivity contribution in [2.45, 2.75) is 0 Å². The zero-order valence-electron chi connectivity index (χ0n) is 15.4. The number of nitrogens with one attached hydrogen (secondary N) is 1. The number of carbonyl (C=O) groups excluding carboxylic acids is 1. The highest BCUT2D eigenvalue weighted by molar-refractivity contribution is 6.04. The van der Waals surface area contributed by atoms with Gasteiger partial charge in [-0.3, -0.25) is 4.79 Å². The average molecular weight is 369 g/mol. The fraction of sp³-hybridized carbons (Fsp3) is 0.0435. The smallest absolute Gasteiger partial charge is 0.280 e. The molecule has 1 aromatic heterocycles. The number of nitrogens with zero attached hydrogens (tertiary/aromatic N) is 2. The summed E-state index contributed by atoms with van der Waals surface area (Å²) < 4.78 is 6.97. The van der Waals surface area contributed by atoms with Crippen LogP contribution in [0.15, 0.2) is 91.1 Å². The molecule has 0 aliphatic rings. The molecule has 3 aromatic carbocycles. The minimum Gasteiger partial charge on any atom is -0.493 e. The minimum atomic E-state index is -0.320. The third-order valence-electron chi connectivity index (χ3n) is 4.39. The van der Waals surface area contributed by atoms with Gasteiger partial charge in [-0.1, -0.05) is 60.7 Å². The molecule has 0 bridgehead atoms. The Morgan fingerprint density at radius 1 is 0.857 bits per heavy atom. The molecule has 0 fully saturated rings. The maximum Gasteiger partial charge on any atom is 0.280 e. The van der Waals surface area contributed by atoms with Crippen molar-refractivity contribution in [3.05, 3.63) is 96.8 Å². The first-order valence-electron chi connectivity index (χ1n) is 8.90. The van der Waals surface area contributed by atoms with Crippen LogP contribution in [0.3, 0.4) is 0 Å². The number of carbonyl (C=O) groups is 1. The number of aromatic nitrogens is 2. The summed E-state index contributed by atoms with van der Waals surface area (Å²) in [5, 5.41) is 7.27. The molecule has 0 atom stereocenters. The molecule has 4 aromatic rings. The summed E-state index contributed by atoms with van der Waals surface area (Å²) in [6, 6.07) is 27.4. The maximum atomic E-state index is 12.7. The van der Waals surface area contributed by atoms with E-state index in [0.717, 1.165) is 16.8 Å². The van der Waals surface area contributed by atoms with Crippen LogP contribution in [0.4, 0.5) is 5.69 Å². The number of hydrogen-bond acceptors (Lipinski definition) is 3. The fourth-order valence-electron chi connectivity index (χ4n) is 2.94.